The monoisotopic (exact) mass is 364 g/mol. The molecule has 0 unspecified atom stereocenters. The number of rotatable bonds is 2. The average molecular weight is 365 g/mol. The smallest absolute Gasteiger partial charge is 0.332 e. The van der Waals surface area contributed by atoms with Gasteiger partial charge in [-0.3, -0.25) is 0 Å². The van der Waals surface area contributed by atoms with Gasteiger partial charge in [0.15, 0.2) is 5.11 Å². The third-order valence-corrected chi connectivity index (χ3v) is 3.24. The standard InChI is InChI=1S/C14H9Cl2F3N2S/c15-8-5-9(16)7-10(6-8)20-13(22)21-12-4-2-1-3-11(12)14(17,18)19/h1-7H,(H2,20,21,22). The molecule has 0 aliphatic carbocycles. The molecule has 0 aliphatic heterocycles. The molecule has 0 amide bonds. The van der Waals surface area contributed by atoms with E-state index >= 15 is 0 Å². The Morgan fingerprint density at radius 3 is 2.14 bits per heavy atom. The van der Waals surface area contributed by atoms with Crippen LogP contribution in [0.25, 0.3) is 0 Å². The van der Waals surface area contributed by atoms with Gasteiger partial charge in [-0.15, -0.1) is 0 Å². The fourth-order valence-corrected chi connectivity index (χ4v) is 2.50. The minimum absolute atomic E-state index is 0.00460. The fraction of sp³-hybridized carbons (Fsp3) is 0.0714. The predicted molar refractivity (Wildman–Crippen MR) is 87.7 cm³/mol. The minimum Gasteiger partial charge on any atom is -0.332 e. The van der Waals surface area contributed by atoms with Gasteiger partial charge in [-0.05, 0) is 42.5 Å². The second kappa shape index (κ2) is 6.73. The Hall–Kier alpha value is -1.50. The zero-order valence-electron chi connectivity index (χ0n) is 10.8. The molecule has 0 spiro atoms. The topological polar surface area (TPSA) is 24.1 Å². The molecule has 0 radical (unpaired) electrons. The summed E-state index contributed by atoms with van der Waals surface area (Å²) in [4.78, 5) is 0. The number of hydrogen-bond acceptors (Lipinski definition) is 1. The summed E-state index contributed by atoms with van der Waals surface area (Å²) in [6, 6.07) is 9.69. The third-order valence-electron chi connectivity index (χ3n) is 2.60. The molecule has 2 nitrogen and oxygen atoms in total. The normalized spacial score (nSPS) is 11.1. The Morgan fingerprint density at radius 1 is 0.955 bits per heavy atom. The van der Waals surface area contributed by atoms with Crippen LogP contribution in [-0.4, -0.2) is 5.11 Å². The highest BCUT2D eigenvalue weighted by Gasteiger charge is 2.33. The summed E-state index contributed by atoms with van der Waals surface area (Å²) in [6.45, 7) is 0. The van der Waals surface area contributed by atoms with Gasteiger partial charge in [-0.1, -0.05) is 35.3 Å². The summed E-state index contributed by atoms with van der Waals surface area (Å²) < 4.78 is 38.7. The van der Waals surface area contributed by atoms with Gasteiger partial charge in [-0.2, -0.15) is 13.2 Å². The van der Waals surface area contributed by atoms with Crippen molar-refractivity contribution in [1.29, 1.82) is 0 Å². The second-order valence-corrected chi connectivity index (χ2v) is 5.56. The van der Waals surface area contributed by atoms with Crippen molar-refractivity contribution in [3.63, 3.8) is 0 Å². The first-order chi connectivity index (χ1) is 10.3. The molecule has 0 aromatic heterocycles. The van der Waals surface area contributed by atoms with Crippen molar-refractivity contribution in [3.05, 3.63) is 58.1 Å². The maximum absolute atomic E-state index is 12.9. The van der Waals surface area contributed by atoms with E-state index in [1.165, 1.54) is 24.3 Å². The molecule has 0 fully saturated rings. The summed E-state index contributed by atoms with van der Waals surface area (Å²) in [6.07, 6.45) is -4.47. The van der Waals surface area contributed by atoms with Crippen LogP contribution in [0.15, 0.2) is 42.5 Å². The summed E-state index contributed by atoms with van der Waals surface area (Å²) >= 11 is 16.7. The molecule has 0 atom stereocenters. The molecular weight excluding hydrogens is 356 g/mol. The van der Waals surface area contributed by atoms with Gasteiger partial charge in [0.1, 0.15) is 0 Å². The summed E-state index contributed by atoms with van der Waals surface area (Å²) in [5.41, 5.74) is -0.469. The number of halogens is 5. The highest BCUT2D eigenvalue weighted by molar-refractivity contribution is 7.80. The lowest BCUT2D eigenvalue weighted by atomic mass is 10.1. The number of para-hydroxylation sites is 1. The van der Waals surface area contributed by atoms with Gasteiger partial charge >= 0.3 is 6.18 Å². The highest BCUT2D eigenvalue weighted by atomic mass is 35.5. The van der Waals surface area contributed by atoms with Gasteiger partial charge < -0.3 is 10.6 Å². The van der Waals surface area contributed by atoms with E-state index < -0.39 is 11.7 Å². The number of nitrogens with one attached hydrogen (secondary N) is 2. The van der Waals surface area contributed by atoms with Crippen LogP contribution in [0.4, 0.5) is 24.5 Å². The Balaban J connectivity index is 2.16. The average Bonchev–Trinajstić information content (AvgIpc) is 2.36. The Labute approximate surface area is 140 Å². The Kier molecular flexibility index (Phi) is 5.16. The summed E-state index contributed by atoms with van der Waals surface area (Å²) in [5, 5.41) is 6.01. The molecule has 0 saturated heterocycles. The molecule has 0 heterocycles. The van der Waals surface area contributed by atoms with Crippen LogP contribution in [0.5, 0.6) is 0 Å². The minimum atomic E-state index is -4.47. The van der Waals surface area contributed by atoms with Crippen LogP contribution < -0.4 is 10.6 Å². The lowest BCUT2D eigenvalue weighted by Gasteiger charge is -2.16. The number of anilines is 2. The molecule has 2 N–H and O–H groups in total. The van der Waals surface area contributed by atoms with E-state index in [0.29, 0.717) is 15.7 Å². The second-order valence-electron chi connectivity index (χ2n) is 4.28. The molecule has 2 aromatic rings. The van der Waals surface area contributed by atoms with E-state index in [-0.39, 0.29) is 10.8 Å². The van der Waals surface area contributed by atoms with Gasteiger partial charge in [0.25, 0.3) is 0 Å². The first-order valence-corrected chi connectivity index (χ1v) is 7.12. The molecule has 0 saturated carbocycles. The molecular formula is C14H9Cl2F3N2S. The number of benzene rings is 2. The van der Waals surface area contributed by atoms with Crippen molar-refractivity contribution < 1.29 is 13.2 Å². The van der Waals surface area contributed by atoms with Crippen LogP contribution in [0, 0.1) is 0 Å². The largest absolute Gasteiger partial charge is 0.418 e. The van der Waals surface area contributed by atoms with Crippen LogP contribution in [0.3, 0.4) is 0 Å². The quantitative estimate of drug-likeness (QED) is 0.656. The first kappa shape index (κ1) is 16.9. The first-order valence-electron chi connectivity index (χ1n) is 5.96. The Morgan fingerprint density at radius 2 is 1.55 bits per heavy atom. The maximum atomic E-state index is 12.9. The molecule has 0 bridgehead atoms. The van der Waals surface area contributed by atoms with Crippen LogP contribution >= 0.6 is 35.4 Å². The van der Waals surface area contributed by atoms with Crippen molar-refractivity contribution in [3.8, 4) is 0 Å². The van der Waals surface area contributed by atoms with E-state index in [4.69, 9.17) is 35.4 Å². The SMILES string of the molecule is FC(F)(F)c1ccccc1NC(=S)Nc1cc(Cl)cc(Cl)c1. The number of alkyl halides is 3. The van der Waals surface area contributed by atoms with Crippen molar-refractivity contribution in [1.82, 2.24) is 0 Å². The lowest BCUT2D eigenvalue weighted by molar-refractivity contribution is -0.136. The zero-order chi connectivity index (χ0) is 16.3. The van der Waals surface area contributed by atoms with Crippen molar-refractivity contribution in [2.24, 2.45) is 0 Å². The van der Waals surface area contributed by atoms with Crippen molar-refractivity contribution in [2.75, 3.05) is 10.6 Å². The molecule has 2 aromatic carbocycles. The predicted octanol–water partition coefficient (Wildman–Crippen LogP) is 5.82. The van der Waals surface area contributed by atoms with Gasteiger partial charge in [-0.25, -0.2) is 0 Å². The Bertz CT molecular complexity index is 684. The van der Waals surface area contributed by atoms with Gasteiger partial charge in [0, 0.05) is 15.7 Å². The van der Waals surface area contributed by atoms with Crippen LogP contribution in [-0.2, 0) is 6.18 Å². The van der Waals surface area contributed by atoms with E-state index in [1.807, 2.05) is 0 Å². The lowest BCUT2D eigenvalue weighted by Crippen LogP contribution is -2.21. The van der Waals surface area contributed by atoms with E-state index in [1.54, 1.807) is 12.1 Å². The van der Waals surface area contributed by atoms with Crippen molar-refractivity contribution in [2.45, 2.75) is 6.18 Å². The summed E-state index contributed by atoms with van der Waals surface area (Å²) in [5.74, 6) is 0. The van der Waals surface area contributed by atoms with Gasteiger partial charge in [0.05, 0.1) is 11.3 Å². The zero-order valence-corrected chi connectivity index (χ0v) is 13.2. The van der Waals surface area contributed by atoms with Gasteiger partial charge in [0.2, 0.25) is 0 Å². The van der Waals surface area contributed by atoms with Crippen LogP contribution in [0.2, 0.25) is 10.0 Å². The fourth-order valence-electron chi connectivity index (χ4n) is 1.75. The van der Waals surface area contributed by atoms with Crippen molar-refractivity contribution >= 4 is 51.9 Å². The van der Waals surface area contributed by atoms with E-state index in [2.05, 4.69) is 10.6 Å². The van der Waals surface area contributed by atoms with E-state index in [9.17, 15) is 13.2 Å². The molecule has 8 heteroatoms. The summed E-state index contributed by atoms with van der Waals surface area (Å²) in [7, 11) is 0. The molecule has 116 valence electrons. The third kappa shape index (κ3) is 4.50. The number of thiocarbonyl (C=S) groups is 1. The molecule has 2 rings (SSSR count). The van der Waals surface area contributed by atoms with Crippen LogP contribution in [0.1, 0.15) is 5.56 Å². The van der Waals surface area contributed by atoms with E-state index in [0.717, 1.165) is 6.07 Å². The maximum Gasteiger partial charge on any atom is 0.418 e. The highest BCUT2D eigenvalue weighted by Crippen LogP contribution is 2.34. The molecule has 22 heavy (non-hydrogen) atoms. The number of hydrogen-bond donors (Lipinski definition) is 2. The molecule has 0 aliphatic rings.